The van der Waals surface area contributed by atoms with Gasteiger partial charge in [-0.1, -0.05) is 30.3 Å². The largest absolute Gasteiger partial charge is 0.486 e. The van der Waals surface area contributed by atoms with Crippen LogP contribution in [0.5, 0.6) is 11.5 Å². The van der Waals surface area contributed by atoms with Gasteiger partial charge in [0, 0.05) is 18.3 Å². The third kappa shape index (κ3) is 4.88. The molecule has 1 aliphatic rings. The van der Waals surface area contributed by atoms with E-state index < -0.39 is 11.8 Å². The third-order valence-electron chi connectivity index (χ3n) is 4.87. The number of nitrogens with two attached hydrogens (primary N) is 2. The van der Waals surface area contributed by atoms with E-state index in [1.165, 1.54) is 4.90 Å². The molecule has 0 spiro atoms. The Morgan fingerprint density at radius 2 is 1.79 bits per heavy atom. The highest BCUT2D eigenvalue weighted by Gasteiger charge is 2.28. The molecule has 0 fully saturated rings. The second-order valence-corrected chi connectivity index (χ2v) is 7.89. The van der Waals surface area contributed by atoms with Crippen LogP contribution in [0.1, 0.15) is 25.7 Å². The molecule has 11 heteroatoms. The summed E-state index contributed by atoms with van der Waals surface area (Å²) < 4.78 is 15.0. The van der Waals surface area contributed by atoms with Crippen molar-refractivity contribution in [3.05, 3.63) is 64.7 Å². The van der Waals surface area contributed by atoms with E-state index in [0.29, 0.717) is 36.9 Å². The van der Waals surface area contributed by atoms with E-state index in [2.05, 4.69) is 9.69 Å². The third-order valence-corrected chi connectivity index (χ3v) is 5.72. The number of nitrogens with one attached hydrogen (secondary N) is 1. The molecule has 0 saturated carbocycles. The van der Waals surface area contributed by atoms with Crippen LogP contribution in [0.3, 0.4) is 0 Å². The topological polar surface area (TPSA) is 150 Å². The second kappa shape index (κ2) is 9.57. The van der Waals surface area contributed by atoms with Gasteiger partial charge in [-0.05, 0) is 29.2 Å². The highest BCUT2D eigenvalue weighted by molar-refractivity contribution is 7.09. The van der Waals surface area contributed by atoms with Crippen molar-refractivity contribution in [2.45, 2.75) is 6.54 Å². The van der Waals surface area contributed by atoms with E-state index in [4.69, 9.17) is 20.9 Å². The minimum absolute atomic E-state index is 0.00884. The molecule has 2 heterocycles. The average Bonchev–Trinajstić information content (AvgIpc) is 3.22. The number of benzene rings is 2. The van der Waals surface area contributed by atoms with Gasteiger partial charge in [-0.25, -0.2) is 0 Å². The van der Waals surface area contributed by atoms with Gasteiger partial charge in [0.25, 0.3) is 11.8 Å². The summed E-state index contributed by atoms with van der Waals surface area (Å²) in [6.45, 7) is 0.793. The summed E-state index contributed by atoms with van der Waals surface area (Å²) in [7, 11) is 0. The van der Waals surface area contributed by atoms with Crippen LogP contribution >= 0.6 is 11.5 Å². The van der Waals surface area contributed by atoms with Gasteiger partial charge in [0.1, 0.15) is 24.6 Å². The number of nitrogens with zero attached hydrogens (tertiary/aromatic N) is 2. The maximum atomic E-state index is 13.4. The number of carbonyl (C=O) groups excluding carboxylic acids is 3. The van der Waals surface area contributed by atoms with Gasteiger partial charge < -0.3 is 26.3 Å². The lowest BCUT2D eigenvalue weighted by atomic mass is 10.2. The molecule has 3 amide bonds. The second-order valence-electron chi connectivity index (χ2n) is 7.12. The van der Waals surface area contributed by atoms with Gasteiger partial charge in [-0.15, -0.1) is 0 Å². The van der Waals surface area contributed by atoms with E-state index in [0.717, 1.165) is 17.1 Å². The van der Waals surface area contributed by atoms with Crippen LogP contribution in [0.2, 0.25) is 0 Å². The van der Waals surface area contributed by atoms with Crippen molar-refractivity contribution in [1.82, 2.24) is 9.69 Å². The van der Waals surface area contributed by atoms with Crippen molar-refractivity contribution in [1.29, 1.82) is 0 Å². The van der Waals surface area contributed by atoms with E-state index >= 15 is 0 Å². The Morgan fingerprint density at radius 1 is 1.06 bits per heavy atom. The molecule has 1 aliphatic heterocycles. The zero-order valence-electron chi connectivity index (χ0n) is 17.4. The van der Waals surface area contributed by atoms with Crippen molar-refractivity contribution in [2.75, 3.05) is 30.4 Å². The van der Waals surface area contributed by atoms with Gasteiger partial charge >= 0.3 is 0 Å². The lowest BCUT2D eigenvalue weighted by Crippen LogP contribution is -2.40. The van der Waals surface area contributed by atoms with Crippen LogP contribution < -0.4 is 31.2 Å². The smallest absolute Gasteiger partial charge is 0.272 e. The molecule has 3 aromatic rings. The molecule has 10 nitrogen and oxygen atoms in total. The van der Waals surface area contributed by atoms with Gasteiger partial charge in [-0.2, -0.15) is 4.37 Å². The normalized spacial score (nSPS) is 12.1. The molecule has 0 aliphatic carbocycles. The maximum absolute atomic E-state index is 13.4. The van der Waals surface area contributed by atoms with Crippen LogP contribution in [0.25, 0.3) is 0 Å². The van der Waals surface area contributed by atoms with Crippen molar-refractivity contribution < 1.29 is 23.9 Å². The Balaban J connectivity index is 1.61. The predicted molar refractivity (Wildman–Crippen MR) is 122 cm³/mol. The molecule has 2 aromatic carbocycles. The first-order valence-corrected chi connectivity index (χ1v) is 10.8. The molecule has 33 heavy (non-hydrogen) atoms. The van der Waals surface area contributed by atoms with Crippen LogP contribution in [-0.4, -0.2) is 41.9 Å². The van der Waals surface area contributed by atoms with E-state index in [1.54, 1.807) is 18.2 Å². The standard InChI is InChI=1S/C22H21N5O5S/c23-18-19(21(24)29)26-33-20(18)22(30)27(12-17(28)25-11-13-4-2-1-3-5-13)14-6-7-15-16(10-14)32-9-8-31-15/h1-7,10H,8-9,11-12,23H2,(H2,24,29)(H,25,28). The molecule has 4 rings (SSSR count). The van der Waals surface area contributed by atoms with Crippen LogP contribution in [0.4, 0.5) is 11.4 Å². The molecule has 0 bridgehead atoms. The molecule has 5 N–H and O–H groups in total. The summed E-state index contributed by atoms with van der Waals surface area (Å²) in [5.74, 6) is -0.825. The SMILES string of the molecule is NC(=O)c1nsc(C(=O)N(CC(=O)NCc2ccccc2)c2ccc3c(c2)OCCO3)c1N. The van der Waals surface area contributed by atoms with Gasteiger partial charge in [0.2, 0.25) is 5.91 Å². The minimum atomic E-state index is -0.839. The van der Waals surface area contributed by atoms with Crippen LogP contribution in [0, 0.1) is 0 Å². The fourth-order valence-electron chi connectivity index (χ4n) is 3.23. The van der Waals surface area contributed by atoms with Gasteiger partial charge in [0.05, 0.1) is 5.69 Å². The zero-order chi connectivity index (χ0) is 23.4. The highest BCUT2D eigenvalue weighted by Crippen LogP contribution is 2.35. The lowest BCUT2D eigenvalue weighted by Gasteiger charge is -2.25. The van der Waals surface area contributed by atoms with E-state index in [-0.39, 0.29) is 28.7 Å². The molecule has 0 atom stereocenters. The van der Waals surface area contributed by atoms with Crippen LogP contribution in [-0.2, 0) is 11.3 Å². The number of ether oxygens (including phenoxy) is 2. The Labute approximate surface area is 193 Å². The number of aromatic nitrogens is 1. The Hall–Kier alpha value is -4.12. The fraction of sp³-hybridized carbons (Fsp3) is 0.182. The lowest BCUT2D eigenvalue weighted by molar-refractivity contribution is -0.119. The number of amides is 3. The van der Waals surface area contributed by atoms with Gasteiger partial charge in [0.15, 0.2) is 17.2 Å². The molecule has 0 radical (unpaired) electrons. The van der Waals surface area contributed by atoms with Crippen molar-refractivity contribution in [3.63, 3.8) is 0 Å². The summed E-state index contributed by atoms with van der Waals surface area (Å²) in [5.41, 5.74) is 12.2. The number of nitrogen functional groups attached to an aromatic ring is 1. The van der Waals surface area contributed by atoms with Crippen molar-refractivity contribution in [2.24, 2.45) is 5.73 Å². The predicted octanol–water partition coefficient (Wildman–Crippen LogP) is 1.56. The summed E-state index contributed by atoms with van der Waals surface area (Å²) in [6.07, 6.45) is 0. The number of fused-ring (bicyclic) bond motifs is 1. The molecule has 0 saturated heterocycles. The summed E-state index contributed by atoms with van der Waals surface area (Å²) >= 11 is 0.747. The van der Waals surface area contributed by atoms with E-state index in [1.807, 2.05) is 30.3 Å². The number of hydrogen-bond donors (Lipinski definition) is 3. The van der Waals surface area contributed by atoms with E-state index in [9.17, 15) is 14.4 Å². The molecule has 1 aromatic heterocycles. The average molecular weight is 468 g/mol. The molecular formula is C22H21N5O5S. The highest BCUT2D eigenvalue weighted by atomic mass is 32.1. The molecular weight excluding hydrogens is 446 g/mol. The number of primary amides is 1. The van der Waals surface area contributed by atoms with Crippen LogP contribution in [0.15, 0.2) is 48.5 Å². The summed E-state index contributed by atoms with van der Waals surface area (Å²) in [5, 5.41) is 2.80. The number of carbonyl (C=O) groups is 3. The minimum Gasteiger partial charge on any atom is -0.486 e. The fourth-order valence-corrected chi connectivity index (χ4v) is 3.98. The van der Waals surface area contributed by atoms with Crippen molar-refractivity contribution >= 4 is 40.6 Å². The Bertz CT molecular complexity index is 1200. The first-order chi connectivity index (χ1) is 15.9. The summed E-state index contributed by atoms with van der Waals surface area (Å²) in [4.78, 5) is 38.9. The quantitative estimate of drug-likeness (QED) is 0.477. The monoisotopic (exact) mass is 467 g/mol. The first-order valence-electron chi connectivity index (χ1n) is 10.0. The number of anilines is 2. The number of rotatable bonds is 7. The Morgan fingerprint density at radius 3 is 2.48 bits per heavy atom. The first kappa shape index (κ1) is 22.1. The summed E-state index contributed by atoms with van der Waals surface area (Å²) in [6, 6.07) is 14.3. The molecule has 170 valence electrons. The Kier molecular flexibility index (Phi) is 6.41. The zero-order valence-corrected chi connectivity index (χ0v) is 18.3. The molecule has 0 unspecified atom stereocenters. The number of hydrogen-bond acceptors (Lipinski definition) is 8. The van der Waals surface area contributed by atoms with Gasteiger partial charge in [-0.3, -0.25) is 19.3 Å². The maximum Gasteiger partial charge on any atom is 0.272 e. The van der Waals surface area contributed by atoms with Crippen molar-refractivity contribution in [3.8, 4) is 11.5 Å².